The van der Waals surface area contributed by atoms with Gasteiger partial charge in [0.1, 0.15) is 11.5 Å². The Kier molecular flexibility index (Phi) is 6.76. The number of thiol groups is 1. The third-order valence-electron chi connectivity index (χ3n) is 6.13. The summed E-state index contributed by atoms with van der Waals surface area (Å²) in [7, 11) is 0. The molecule has 2 heterocycles. The highest BCUT2D eigenvalue weighted by Gasteiger charge is 2.40. The number of benzene rings is 1. The predicted octanol–water partition coefficient (Wildman–Crippen LogP) is 3.56. The molecule has 1 aliphatic carbocycles. The lowest BCUT2D eigenvalue weighted by Gasteiger charge is -2.37. The number of nitrogens with zero attached hydrogens (tertiary/aromatic N) is 4. The predicted molar refractivity (Wildman–Crippen MR) is 121 cm³/mol. The van der Waals surface area contributed by atoms with Crippen LogP contribution >= 0.6 is 12.6 Å². The second-order valence-corrected chi connectivity index (χ2v) is 9.07. The lowest BCUT2D eigenvalue weighted by atomic mass is 9.93. The van der Waals surface area contributed by atoms with Crippen LogP contribution in [0.25, 0.3) is 6.08 Å². The molecule has 2 aliphatic rings. The lowest BCUT2D eigenvalue weighted by Crippen LogP contribution is -2.42. The van der Waals surface area contributed by atoms with Gasteiger partial charge in [-0.2, -0.15) is 27.6 Å². The summed E-state index contributed by atoms with van der Waals surface area (Å²) in [6, 6.07) is 5.04. The number of carbonyl (C=O) groups is 2. The summed E-state index contributed by atoms with van der Waals surface area (Å²) in [6.45, 7) is 2.85. The summed E-state index contributed by atoms with van der Waals surface area (Å²) in [6.07, 6.45) is 6.18. The van der Waals surface area contributed by atoms with Crippen LogP contribution in [0.2, 0.25) is 0 Å². The molecular weight excluding hydrogens is 431 g/mol. The second-order valence-electron chi connectivity index (χ2n) is 8.45. The zero-order valence-electron chi connectivity index (χ0n) is 17.9. The average molecular weight is 459 g/mol. The highest BCUT2D eigenvalue weighted by Crippen LogP contribution is 2.39. The van der Waals surface area contributed by atoms with Crippen molar-refractivity contribution in [3.05, 3.63) is 53.1 Å². The third kappa shape index (κ3) is 4.78. The van der Waals surface area contributed by atoms with E-state index < -0.39 is 18.1 Å². The highest BCUT2D eigenvalue weighted by atomic mass is 32.1. The molecule has 0 spiro atoms. The molecule has 1 saturated heterocycles. The minimum absolute atomic E-state index is 0.00246. The van der Waals surface area contributed by atoms with Crippen LogP contribution in [0.5, 0.6) is 0 Å². The van der Waals surface area contributed by atoms with E-state index in [0.29, 0.717) is 37.2 Å². The molecular formula is C23H27FN4O3S. The molecule has 0 amide bonds. The number of aromatic nitrogens is 3. The molecule has 0 bridgehead atoms. The fraction of sp³-hybridized carbons (Fsp3) is 0.478. The number of carboxylic acid groups (broad SMARTS) is 1. The Morgan fingerprint density at radius 2 is 2.06 bits per heavy atom. The number of likely N-dealkylation sites (tertiary alicyclic amines) is 1. The molecule has 2 aromatic rings. The summed E-state index contributed by atoms with van der Waals surface area (Å²) in [5.74, 6) is -1.27. The third-order valence-corrected chi connectivity index (χ3v) is 6.72. The van der Waals surface area contributed by atoms with E-state index in [4.69, 9.17) is 12.6 Å². The van der Waals surface area contributed by atoms with Gasteiger partial charge in [0.2, 0.25) is 0 Å². The minimum atomic E-state index is -0.982. The van der Waals surface area contributed by atoms with Crippen molar-refractivity contribution in [2.24, 2.45) is 5.92 Å². The van der Waals surface area contributed by atoms with Crippen LogP contribution in [-0.4, -0.2) is 55.1 Å². The Balaban J connectivity index is 1.60. The van der Waals surface area contributed by atoms with Gasteiger partial charge < -0.3 is 5.11 Å². The Labute approximate surface area is 191 Å². The van der Waals surface area contributed by atoms with E-state index in [-0.39, 0.29) is 22.8 Å². The smallest absolute Gasteiger partial charge is 0.330 e. The van der Waals surface area contributed by atoms with Gasteiger partial charge in [0.15, 0.2) is 11.8 Å². The SMILES string of the molecule is CCC(C(=O)O)n1ncc(C=C2CN(C(C(=O)C3CC3)c3ccccc3F)CCC2S)n1. The average Bonchev–Trinajstić information content (AvgIpc) is 3.52. The molecule has 1 saturated carbocycles. The first-order valence-corrected chi connectivity index (χ1v) is 11.5. The molecule has 2 fully saturated rings. The van der Waals surface area contributed by atoms with Crippen molar-refractivity contribution in [2.45, 2.75) is 49.9 Å². The Hall–Kier alpha value is -2.52. The first kappa shape index (κ1) is 22.7. The molecule has 0 radical (unpaired) electrons. The molecule has 9 heteroatoms. The van der Waals surface area contributed by atoms with Gasteiger partial charge in [0.05, 0.1) is 12.2 Å². The van der Waals surface area contributed by atoms with E-state index in [1.165, 1.54) is 17.1 Å². The van der Waals surface area contributed by atoms with E-state index in [2.05, 4.69) is 10.2 Å². The number of Topliss-reactive ketones (excluding diaryl/α,β-unsaturated/α-hetero) is 1. The van der Waals surface area contributed by atoms with E-state index in [9.17, 15) is 19.1 Å². The van der Waals surface area contributed by atoms with Crippen LogP contribution in [0.4, 0.5) is 4.39 Å². The molecule has 4 rings (SSSR count). The summed E-state index contributed by atoms with van der Waals surface area (Å²) in [5.41, 5.74) is 1.90. The summed E-state index contributed by atoms with van der Waals surface area (Å²) >= 11 is 4.70. The zero-order chi connectivity index (χ0) is 22.8. The van der Waals surface area contributed by atoms with E-state index in [1.54, 1.807) is 25.1 Å². The number of piperidine rings is 1. The summed E-state index contributed by atoms with van der Waals surface area (Å²) in [5, 5.41) is 17.7. The molecule has 1 aromatic heterocycles. The van der Waals surface area contributed by atoms with Crippen LogP contribution in [0.1, 0.15) is 55.9 Å². The maximum Gasteiger partial charge on any atom is 0.330 e. The number of ketones is 1. The minimum Gasteiger partial charge on any atom is -0.480 e. The molecule has 7 nitrogen and oxygen atoms in total. The van der Waals surface area contributed by atoms with Gasteiger partial charge in [-0.15, -0.1) is 0 Å². The highest BCUT2D eigenvalue weighted by molar-refractivity contribution is 7.81. The first-order valence-electron chi connectivity index (χ1n) is 10.9. The normalized spacial score (nSPS) is 22.6. The standard InChI is InChI=1S/C23H27FN4O3S/c1-2-19(23(30)31)28-25-12-16(26-28)11-15-13-27(10-9-20(15)32)21(22(29)14-7-8-14)17-5-3-4-6-18(17)24/h3-6,11-12,14,19-21,32H,2,7-10,13H2,1H3,(H,30,31). The van der Waals surface area contributed by atoms with Gasteiger partial charge in [0, 0.05) is 29.8 Å². The summed E-state index contributed by atoms with van der Waals surface area (Å²) < 4.78 is 14.7. The molecule has 1 N–H and O–H groups in total. The molecule has 1 aromatic carbocycles. The van der Waals surface area contributed by atoms with Crippen molar-refractivity contribution in [1.82, 2.24) is 19.9 Å². The lowest BCUT2D eigenvalue weighted by molar-refractivity contribution is -0.141. The monoisotopic (exact) mass is 458 g/mol. The number of aliphatic carboxylic acids is 1. The Bertz CT molecular complexity index is 1040. The van der Waals surface area contributed by atoms with Crippen molar-refractivity contribution >= 4 is 30.5 Å². The Morgan fingerprint density at radius 3 is 2.72 bits per heavy atom. The number of carbonyl (C=O) groups excluding carboxylic acids is 1. The van der Waals surface area contributed by atoms with Gasteiger partial charge >= 0.3 is 5.97 Å². The molecule has 3 atom stereocenters. The second kappa shape index (κ2) is 9.54. The van der Waals surface area contributed by atoms with Gasteiger partial charge in [-0.05, 0) is 43.4 Å². The van der Waals surface area contributed by atoms with Crippen LogP contribution in [-0.2, 0) is 9.59 Å². The van der Waals surface area contributed by atoms with Gasteiger partial charge in [-0.25, -0.2) is 9.18 Å². The topological polar surface area (TPSA) is 88.3 Å². The molecule has 32 heavy (non-hydrogen) atoms. The fourth-order valence-electron chi connectivity index (χ4n) is 4.20. The largest absolute Gasteiger partial charge is 0.480 e. The number of rotatable bonds is 8. The van der Waals surface area contributed by atoms with Crippen LogP contribution in [0.15, 0.2) is 36.0 Å². The maximum absolute atomic E-state index is 14.7. The van der Waals surface area contributed by atoms with Crippen molar-refractivity contribution in [2.75, 3.05) is 13.1 Å². The zero-order valence-corrected chi connectivity index (χ0v) is 18.8. The number of hydrogen-bond donors (Lipinski definition) is 2. The van der Waals surface area contributed by atoms with Gasteiger partial charge in [-0.3, -0.25) is 9.69 Å². The van der Waals surface area contributed by atoms with Crippen molar-refractivity contribution in [3.63, 3.8) is 0 Å². The van der Waals surface area contributed by atoms with Crippen molar-refractivity contribution in [1.29, 1.82) is 0 Å². The van der Waals surface area contributed by atoms with Crippen molar-refractivity contribution in [3.8, 4) is 0 Å². The van der Waals surface area contributed by atoms with Gasteiger partial charge in [-0.1, -0.05) is 25.1 Å². The Morgan fingerprint density at radius 1 is 1.31 bits per heavy atom. The van der Waals surface area contributed by atoms with E-state index in [0.717, 1.165) is 18.4 Å². The summed E-state index contributed by atoms with van der Waals surface area (Å²) in [4.78, 5) is 27.8. The molecule has 3 unspecified atom stereocenters. The van der Waals surface area contributed by atoms with Gasteiger partial charge in [0.25, 0.3) is 0 Å². The van der Waals surface area contributed by atoms with Crippen LogP contribution < -0.4 is 0 Å². The number of hydrogen-bond acceptors (Lipinski definition) is 6. The number of halogens is 1. The van der Waals surface area contributed by atoms with E-state index in [1.807, 2.05) is 11.0 Å². The molecule has 1 aliphatic heterocycles. The van der Waals surface area contributed by atoms with Crippen LogP contribution in [0, 0.1) is 11.7 Å². The fourth-order valence-corrected chi connectivity index (χ4v) is 4.48. The van der Waals surface area contributed by atoms with E-state index >= 15 is 0 Å². The van der Waals surface area contributed by atoms with Crippen LogP contribution in [0.3, 0.4) is 0 Å². The maximum atomic E-state index is 14.7. The van der Waals surface area contributed by atoms with Crippen molar-refractivity contribution < 1.29 is 19.1 Å². The number of carboxylic acids is 1. The quantitative estimate of drug-likeness (QED) is 0.588. The molecule has 170 valence electrons. The first-order chi connectivity index (χ1) is 15.4.